The molecular weight excluding hydrogens is 508 g/mol. The second-order valence-corrected chi connectivity index (χ2v) is 10.3. The predicted molar refractivity (Wildman–Crippen MR) is 156 cm³/mol. The Hall–Kier alpha value is -4.08. The fraction of sp³-hybridized carbons (Fsp3) is 0.355. The van der Waals surface area contributed by atoms with Crippen LogP contribution in [-0.2, 0) is 6.54 Å². The smallest absolute Gasteiger partial charge is 0.323 e. The minimum Gasteiger partial charge on any atom is -0.497 e. The molecular formula is C31H38N4O5. The Kier molecular flexibility index (Phi) is 9.63. The number of benzene rings is 3. The van der Waals surface area contributed by atoms with Crippen molar-refractivity contribution in [2.45, 2.75) is 32.5 Å². The number of para-hydroxylation sites is 2. The number of carbonyl (C=O) groups is 2. The van der Waals surface area contributed by atoms with Crippen LogP contribution in [0.5, 0.6) is 11.5 Å². The van der Waals surface area contributed by atoms with Gasteiger partial charge in [0.1, 0.15) is 11.9 Å². The van der Waals surface area contributed by atoms with Gasteiger partial charge in [-0.3, -0.25) is 9.69 Å². The molecule has 0 fully saturated rings. The number of carbonyl (C=O) groups excluding carboxylic acids is 2. The Morgan fingerprint density at radius 1 is 1.10 bits per heavy atom. The highest BCUT2D eigenvalue weighted by molar-refractivity contribution is 6.04. The second kappa shape index (κ2) is 13.3. The zero-order valence-electron chi connectivity index (χ0n) is 23.5. The minimum atomic E-state index is -0.445. The van der Waals surface area contributed by atoms with E-state index in [1.165, 1.54) is 0 Å². The van der Waals surface area contributed by atoms with Crippen LogP contribution in [0.1, 0.15) is 29.8 Å². The van der Waals surface area contributed by atoms with Crippen LogP contribution in [0, 0.1) is 5.92 Å². The summed E-state index contributed by atoms with van der Waals surface area (Å²) in [7, 11) is 3.67. The summed E-state index contributed by atoms with van der Waals surface area (Å²) in [6.07, 6.45) is -0.302. The van der Waals surface area contributed by atoms with Crippen LogP contribution in [0.4, 0.5) is 16.2 Å². The molecule has 212 valence electrons. The number of anilines is 2. The lowest BCUT2D eigenvalue weighted by atomic mass is 9.99. The highest BCUT2D eigenvalue weighted by Crippen LogP contribution is 2.35. The molecule has 0 aliphatic carbocycles. The Bertz CT molecular complexity index is 1280. The fourth-order valence-corrected chi connectivity index (χ4v) is 4.78. The maximum Gasteiger partial charge on any atom is 0.323 e. The van der Waals surface area contributed by atoms with Gasteiger partial charge < -0.3 is 30.1 Å². The van der Waals surface area contributed by atoms with E-state index < -0.39 is 6.03 Å². The SMILES string of the molecule is COc1ccc(CN(C)C[C@@H]2Oc3c(NC(=O)Nc4ccccc4)cccc3C(=O)N([C@H](C)CO)C[C@H]2C)cc1. The Morgan fingerprint density at radius 2 is 1.82 bits per heavy atom. The first-order chi connectivity index (χ1) is 19.3. The molecule has 0 saturated carbocycles. The van der Waals surface area contributed by atoms with Gasteiger partial charge in [0.25, 0.3) is 5.91 Å². The lowest BCUT2D eigenvalue weighted by Crippen LogP contribution is -2.49. The summed E-state index contributed by atoms with van der Waals surface area (Å²) < 4.78 is 11.9. The van der Waals surface area contributed by atoms with Gasteiger partial charge in [-0.15, -0.1) is 0 Å². The third-order valence-corrected chi connectivity index (χ3v) is 7.07. The van der Waals surface area contributed by atoms with Gasteiger partial charge >= 0.3 is 6.03 Å². The fourth-order valence-electron chi connectivity index (χ4n) is 4.78. The summed E-state index contributed by atoms with van der Waals surface area (Å²) in [5.41, 5.74) is 2.51. The summed E-state index contributed by atoms with van der Waals surface area (Å²) in [4.78, 5) is 30.4. The average Bonchev–Trinajstić information content (AvgIpc) is 2.95. The van der Waals surface area contributed by atoms with Crippen molar-refractivity contribution in [2.75, 3.05) is 44.5 Å². The molecule has 40 heavy (non-hydrogen) atoms. The van der Waals surface area contributed by atoms with Crippen molar-refractivity contribution in [3.63, 3.8) is 0 Å². The van der Waals surface area contributed by atoms with E-state index in [-0.39, 0.29) is 30.6 Å². The lowest BCUT2D eigenvalue weighted by molar-refractivity contribution is 0.0343. The number of nitrogens with one attached hydrogen (secondary N) is 2. The second-order valence-electron chi connectivity index (χ2n) is 10.3. The van der Waals surface area contributed by atoms with Crippen molar-refractivity contribution in [1.82, 2.24) is 9.80 Å². The van der Waals surface area contributed by atoms with Crippen molar-refractivity contribution >= 4 is 23.3 Å². The van der Waals surface area contributed by atoms with Gasteiger partial charge in [0.15, 0.2) is 5.75 Å². The van der Waals surface area contributed by atoms with Crippen molar-refractivity contribution < 1.29 is 24.2 Å². The van der Waals surface area contributed by atoms with Crippen LogP contribution in [0.3, 0.4) is 0 Å². The van der Waals surface area contributed by atoms with Crippen LogP contribution in [0.25, 0.3) is 0 Å². The van der Waals surface area contributed by atoms with E-state index in [2.05, 4.69) is 15.5 Å². The molecule has 3 aromatic rings. The predicted octanol–water partition coefficient (Wildman–Crippen LogP) is 4.69. The number of aliphatic hydroxyl groups excluding tert-OH is 1. The van der Waals surface area contributed by atoms with Crippen molar-refractivity contribution in [1.29, 1.82) is 0 Å². The Morgan fingerprint density at radius 3 is 2.50 bits per heavy atom. The number of fused-ring (bicyclic) bond motifs is 1. The highest BCUT2D eigenvalue weighted by Gasteiger charge is 2.34. The topological polar surface area (TPSA) is 103 Å². The number of aliphatic hydroxyl groups is 1. The number of urea groups is 1. The summed E-state index contributed by atoms with van der Waals surface area (Å²) in [6.45, 7) is 5.40. The third kappa shape index (κ3) is 7.11. The third-order valence-electron chi connectivity index (χ3n) is 7.07. The Balaban J connectivity index is 1.61. The molecule has 3 N–H and O–H groups in total. The Labute approximate surface area is 235 Å². The zero-order valence-corrected chi connectivity index (χ0v) is 23.5. The lowest BCUT2D eigenvalue weighted by Gasteiger charge is -2.38. The van der Waals surface area contributed by atoms with E-state index in [0.717, 1.165) is 11.3 Å². The monoisotopic (exact) mass is 546 g/mol. The molecule has 4 rings (SSSR count). The number of methoxy groups -OCH3 is 1. The quantitative estimate of drug-likeness (QED) is 0.360. The first kappa shape index (κ1) is 28.9. The van der Waals surface area contributed by atoms with Gasteiger partial charge in [-0.1, -0.05) is 43.3 Å². The molecule has 3 atom stereocenters. The number of rotatable bonds is 9. The average molecular weight is 547 g/mol. The standard InChI is InChI=1S/C31H38N4O5/c1-21-17-35(22(2)20-36)30(37)26-11-8-12-27(33-31(38)32-24-9-6-5-7-10-24)29(26)40-28(21)19-34(3)18-23-13-15-25(39-4)16-14-23/h5-16,21-22,28,36H,17-20H2,1-4H3,(H2,32,33,38)/t21-,22-,28+/m1/s1. The van der Waals surface area contributed by atoms with Gasteiger partial charge in [-0.25, -0.2) is 4.79 Å². The van der Waals surface area contributed by atoms with E-state index in [4.69, 9.17) is 9.47 Å². The number of nitrogens with zero attached hydrogens (tertiary/aromatic N) is 2. The number of amides is 3. The first-order valence-electron chi connectivity index (χ1n) is 13.4. The number of hydrogen-bond acceptors (Lipinski definition) is 6. The van der Waals surface area contributed by atoms with E-state index in [0.29, 0.717) is 42.3 Å². The molecule has 1 aliphatic heterocycles. The van der Waals surface area contributed by atoms with Gasteiger partial charge in [0.05, 0.1) is 31.0 Å². The van der Waals surface area contributed by atoms with Crippen molar-refractivity contribution in [3.05, 3.63) is 83.9 Å². The van der Waals surface area contributed by atoms with Gasteiger partial charge in [-0.2, -0.15) is 0 Å². The van der Waals surface area contributed by atoms with E-state index in [9.17, 15) is 14.7 Å². The molecule has 9 heteroatoms. The van der Waals surface area contributed by atoms with Crippen LogP contribution in [0.2, 0.25) is 0 Å². The zero-order chi connectivity index (χ0) is 28.6. The molecule has 0 saturated heterocycles. The van der Waals surface area contributed by atoms with Crippen LogP contribution < -0.4 is 20.1 Å². The van der Waals surface area contributed by atoms with Gasteiger partial charge in [-0.05, 0) is 55.9 Å². The van der Waals surface area contributed by atoms with E-state index >= 15 is 0 Å². The minimum absolute atomic E-state index is 0.0596. The first-order valence-corrected chi connectivity index (χ1v) is 13.4. The summed E-state index contributed by atoms with van der Waals surface area (Å²) in [5.74, 6) is 0.815. The number of ether oxygens (including phenoxy) is 2. The normalized spacial score (nSPS) is 17.8. The molecule has 0 spiro atoms. The van der Waals surface area contributed by atoms with Crippen molar-refractivity contribution in [2.24, 2.45) is 5.92 Å². The molecule has 0 bridgehead atoms. The van der Waals surface area contributed by atoms with Crippen LogP contribution in [0.15, 0.2) is 72.8 Å². The van der Waals surface area contributed by atoms with E-state index in [1.54, 1.807) is 42.3 Å². The maximum atomic E-state index is 13.7. The number of hydrogen-bond donors (Lipinski definition) is 3. The van der Waals surface area contributed by atoms with Gasteiger partial charge in [0, 0.05) is 31.2 Å². The van der Waals surface area contributed by atoms with Crippen molar-refractivity contribution in [3.8, 4) is 11.5 Å². The molecule has 3 aromatic carbocycles. The molecule has 1 heterocycles. The van der Waals surface area contributed by atoms with Crippen LogP contribution >= 0.6 is 0 Å². The molecule has 0 radical (unpaired) electrons. The van der Waals surface area contributed by atoms with E-state index in [1.807, 2.05) is 63.4 Å². The summed E-state index contributed by atoms with van der Waals surface area (Å²) >= 11 is 0. The summed E-state index contributed by atoms with van der Waals surface area (Å²) in [6, 6.07) is 21.4. The highest BCUT2D eigenvalue weighted by atomic mass is 16.5. The summed E-state index contributed by atoms with van der Waals surface area (Å²) in [5, 5.41) is 15.6. The molecule has 0 aromatic heterocycles. The maximum absolute atomic E-state index is 13.7. The van der Waals surface area contributed by atoms with Crippen LogP contribution in [-0.4, -0.2) is 72.8 Å². The molecule has 1 aliphatic rings. The number of likely N-dealkylation sites (N-methyl/N-ethyl adjacent to an activating group) is 1. The van der Waals surface area contributed by atoms with Gasteiger partial charge in [0.2, 0.25) is 0 Å². The largest absolute Gasteiger partial charge is 0.497 e. The molecule has 9 nitrogen and oxygen atoms in total. The molecule has 0 unspecified atom stereocenters. The molecule has 3 amide bonds.